The summed E-state index contributed by atoms with van der Waals surface area (Å²) in [6.07, 6.45) is 0.310. The second-order valence-corrected chi connectivity index (χ2v) is 8.17. The number of methoxy groups -OCH3 is 1. The zero-order valence-corrected chi connectivity index (χ0v) is 16.0. The van der Waals surface area contributed by atoms with Gasteiger partial charge in [-0.1, -0.05) is 12.1 Å². The van der Waals surface area contributed by atoms with E-state index in [2.05, 4.69) is 9.82 Å². The van der Waals surface area contributed by atoms with E-state index in [1.807, 2.05) is 12.1 Å². The smallest absolute Gasteiger partial charge is 0.244 e. The van der Waals surface area contributed by atoms with Crippen LogP contribution in [0, 0.1) is 13.8 Å². The average Bonchev–Trinajstić information content (AvgIpc) is 2.79. The van der Waals surface area contributed by atoms with Crippen molar-refractivity contribution in [1.82, 2.24) is 14.5 Å². The van der Waals surface area contributed by atoms with Gasteiger partial charge in [-0.3, -0.25) is 4.68 Å². The number of rotatable bonds is 7. The summed E-state index contributed by atoms with van der Waals surface area (Å²) in [4.78, 5) is 0.162. The average molecular weight is 367 g/mol. The fraction of sp³-hybridized carbons (Fsp3) is 0.471. The molecule has 0 amide bonds. The third-order valence-electron chi connectivity index (χ3n) is 4.10. The lowest BCUT2D eigenvalue weighted by Gasteiger charge is -2.24. The molecule has 0 aliphatic heterocycles. The standard InChI is InChI=1S/C17H25N3O4S/c1-12-16(13(2)20(4)19-12)25(22,23)18-11-17(3,21)10-14-6-8-15(24-5)9-7-14/h6-9,18,21H,10-11H2,1-5H3/t17-/m1/s1. The number of ether oxygens (including phenoxy) is 1. The van der Waals surface area contributed by atoms with Gasteiger partial charge in [0.05, 0.1) is 24.1 Å². The molecule has 2 rings (SSSR count). The first kappa shape index (κ1) is 19.4. The molecule has 0 fully saturated rings. The quantitative estimate of drug-likeness (QED) is 0.770. The van der Waals surface area contributed by atoms with Crippen LogP contribution in [-0.2, 0) is 23.5 Å². The van der Waals surface area contributed by atoms with Crippen molar-refractivity contribution in [1.29, 1.82) is 0 Å². The first-order valence-corrected chi connectivity index (χ1v) is 9.39. The third-order valence-corrected chi connectivity index (χ3v) is 5.75. The predicted octanol–water partition coefficient (Wildman–Crippen LogP) is 1.32. The predicted molar refractivity (Wildman–Crippen MR) is 95.2 cm³/mol. The van der Waals surface area contributed by atoms with Gasteiger partial charge in [-0.2, -0.15) is 5.10 Å². The Morgan fingerprint density at radius 2 is 1.88 bits per heavy atom. The van der Waals surface area contributed by atoms with Crippen molar-refractivity contribution in [3.63, 3.8) is 0 Å². The van der Waals surface area contributed by atoms with E-state index in [1.54, 1.807) is 47.1 Å². The Hall–Kier alpha value is -1.90. The molecule has 1 atom stereocenters. The molecular formula is C17H25N3O4S. The van der Waals surface area contributed by atoms with E-state index in [-0.39, 0.29) is 11.4 Å². The molecule has 1 aromatic heterocycles. The van der Waals surface area contributed by atoms with Gasteiger partial charge < -0.3 is 9.84 Å². The van der Waals surface area contributed by atoms with E-state index in [1.165, 1.54) is 4.68 Å². The Labute approximate surface area is 148 Å². The van der Waals surface area contributed by atoms with E-state index in [0.29, 0.717) is 17.8 Å². The monoisotopic (exact) mass is 367 g/mol. The molecule has 0 aliphatic rings. The van der Waals surface area contributed by atoms with Gasteiger partial charge >= 0.3 is 0 Å². The van der Waals surface area contributed by atoms with Crippen LogP contribution in [0.1, 0.15) is 23.9 Å². The van der Waals surface area contributed by atoms with E-state index in [9.17, 15) is 13.5 Å². The largest absolute Gasteiger partial charge is 0.497 e. The SMILES string of the molecule is COc1ccc(C[C@@](C)(O)CNS(=O)(=O)c2c(C)nn(C)c2C)cc1. The zero-order valence-electron chi connectivity index (χ0n) is 15.2. The molecule has 138 valence electrons. The molecule has 7 nitrogen and oxygen atoms in total. The van der Waals surface area contributed by atoms with E-state index in [0.717, 1.165) is 11.3 Å². The summed E-state index contributed by atoms with van der Waals surface area (Å²) >= 11 is 0. The lowest BCUT2D eigenvalue weighted by molar-refractivity contribution is 0.0657. The van der Waals surface area contributed by atoms with Crippen molar-refractivity contribution in [3.05, 3.63) is 41.2 Å². The van der Waals surface area contributed by atoms with Gasteiger partial charge in [-0.25, -0.2) is 13.1 Å². The molecule has 1 aromatic carbocycles. The Bertz CT molecular complexity index is 840. The summed E-state index contributed by atoms with van der Waals surface area (Å²) in [5.74, 6) is 0.728. The van der Waals surface area contributed by atoms with Gasteiger partial charge in [-0.15, -0.1) is 0 Å². The summed E-state index contributed by atoms with van der Waals surface area (Å²) in [7, 11) is -0.469. The number of aliphatic hydroxyl groups is 1. The Morgan fingerprint density at radius 1 is 1.28 bits per heavy atom. The summed E-state index contributed by atoms with van der Waals surface area (Å²) in [5.41, 5.74) is 0.645. The van der Waals surface area contributed by atoms with Crippen LogP contribution in [0.3, 0.4) is 0 Å². The minimum absolute atomic E-state index is 0.102. The van der Waals surface area contributed by atoms with Crippen LogP contribution in [0.5, 0.6) is 5.75 Å². The maximum absolute atomic E-state index is 12.6. The summed E-state index contributed by atoms with van der Waals surface area (Å²) < 4.78 is 34.3. The van der Waals surface area contributed by atoms with Crippen molar-refractivity contribution in [2.45, 2.75) is 37.7 Å². The highest BCUT2D eigenvalue weighted by atomic mass is 32.2. The number of nitrogens with zero attached hydrogens (tertiary/aromatic N) is 2. The molecule has 25 heavy (non-hydrogen) atoms. The normalized spacial score (nSPS) is 14.3. The number of aromatic nitrogens is 2. The molecule has 0 bridgehead atoms. The molecule has 0 spiro atoms. The van der Waals surface area contributed by atoms with Crippen LogP contribution < -0.4 is 9.46 Å². The maximum Gasteiger partial charge on any atom is 0.244 e. The fourth-order valence-corrected chi connectivity index (χ4v) is 4.31. The lowest BCUT2D eigenvalue weighted by Crippen LogP contribution is -2.42. The lowest BCUT2D eigenvalue weighted by atomic mass is 9.97. The number of benzene rings is 1. The molecule has 2 aromatic rings. The molecule has 0 aliphatic carbocycles. The van der Waals surface area contributed by atoms with Crippen LogP contribution in [0.2, 0.25) is 0 Å². The van der Waals surface area contributed by atoms with Crippen molar-refractivity contribution in [2.75, 3.05) is 13.7 Å². The number of aryl methyl sites for hydroxylation is 2. The van der Waals surface area contributed by atoms with Gasteiger partial charge in [0.25, 0.3) is 0 Å². The molecule has 0 saturated carbocycles. The number of hydrogen-bond donors (Lipinski definition) is 2. The van der Waals surface area contributed by atoms with E-state index < -0.39 is 15.6 Å². The maximum atomic E-state index is 12.6. The Morgan fingerprint density at radius 3 is 2.36 bits per heavy atom. The Kier molecular flexibility index (Phi) is 5.55. The topological polar surface area (TPSA) is 93.4 Å². The first-order chi connectivity index (χ1) is 11.6. The van der Waals surface area contributed by atoms with Crippen LogP contribution in [0.25, 0.3) is 0 Å². The van der Waals surface area contributed by atoms with Crippen molar-refractivity contribution >= 4 is 10.0 Å². The molecule has 8 heteroatoms. The Balaban J connectivity index is 2.09. The molecule has 1 heterocycles. The molecule has 2 N–H and O–H groups in total. The van der Waals surface area contributed by atoms with Gasteiger partial charge in [0.15, 0.2) is 0 Å². The fourth-order valence-electron chi connectivity index (χ4n) is 2.71. The minimum atomic E-state index is -3.75. The summed E-state index contributed by atoms with van der Waals surface area (Å²) in [6.45, 7) is 4.85. The van der Waals surface area contributed by atoms with Crippen LogP contribution in [-0.4, -0.2) is 42.6 Å². The molecule has 0 radical (unpaired) electrons. The molecule has 0 saturated heterocycles. The van der Waals surface area contributed by atoms with Crippen LogP contribution in [0.4, 0.5) is 0 Å². The van der Waals surface area contributed by atoms with Gasteiger partial charge in [0, 0.05) is 20.0 Å². The van der Waals surface area contributed by atoms with E-state index >= 15 is 0 Å². The van der Waals surface area contributed by atoms with Gasteiger partial charge in [0.2, 0.25) is 10.0 Å². The van der Waals surface area contributed by atoms with Crippen molar-refractivity contribution in [2.24, 2.45) is 7.05 Å². The van der Waals surface area contributed by atoms with Crippen molar-refractivity contribution in [3.8, 4) is 5.75 Å². The highest BCUT2D eigenvalue weighted by Gasteiger charge is 2.28. The highest BCUT2D eigenvalue weighted by Crippen LogP contribution is 2.20. The second kappa shape index (κ2) is 7.15. The van der Waals surface area contributed by atoms with E-state index in [4.69, 9.17) is 4.74 Å². The minimum Gasteiger partial charge on any atom is -0.497 e. The number of hydrogen-bond acceptors (Lipinski definition) is 5. The van der Waals surface area contributed by atoms with Crippen LogP contribution >= 0.6 is 0 Å². The molecular weight excluding hydrogens is 342 g/mol. The van der Waals surface area contributed by atoms with Crippen LogP contribution in [0.15, 0.2) is 29.2 Å². The van der Waals surface area contributed by atoms with Gasteiger partial charge in [-0.05, 0) is 38.5 Å². The second-order valence-electron chi connectivity index (χ2n) is 6.47. The number of sulfonamides is 1. The molecule has 0 unspecified atom stereocenters. The number of nitrogens with one attached hydrogen (secondary N) is 1. The third kappa shape index (κ3) is 4.59. The summed E-state index contributed by atoms with van der Waals surface area (Å²) in [5, 5.41) is 14.7. The highest BCUT2D eigenvalue weighted by molar-refractivity contribution is 7.89. The zero-order chi connectivity index (χ0) is 18.8. The van der Waals surface area contributed by atoms with Gasteiger partial charge in [0.1, 0.15) is 10.6 Å². The summed E-state index contributed by atoms with van der Waals surface area (Å²) in [6, 6.07) is 7.30. The van der Waals surface area contributed by atoms with Crippen molar-refractivity contribution < 1.29 is 18.3 Å². The first-order valence-electron chi connectivity index (χ1n) is 7.91.